The number of hydrogen-bond acceptors (Lipinski definition) is 3. The third-order valence-electron chi connectivity index (χ3n) is 3.44. The van der Waals surface area contributed by atoms with Crippen LogP contribution in [0.2, 0.25) is 5.02 Å². The van der Waals surface area contributed by atoms with Gasteiger partial charge in [-0.05, 0) is 39.0 Å². The van der Waals surface area contributed by atoms with Crippen molar-refractivity contribution in [1.29, 1.82) is 0 Å². The summed E-state index contributed by atoms with van der Waals surface area (Å²) in [6.07, 6.45) is 1.64. The number of nitrogens with zero attached hydrogens (tertiary/aromatic N) is 2. The topological polar surface area (TPSA) is 53.6 Å². The number of aromatic amines is 1. The standard InChI is InChI=1S/C17H18ClFN4/c1-17(2,3)21-9-11-6-10(7-15(19)22-11)14-8-12-13(18)4-5-20-16(12)23-14/h4-8,21H,9H2,1-3H3,(H,20,23). The van der Waals surface area contributed by atoms with E-state index in [4.69, 9.17) is 11.6 Å². The van der Waals surface area contributed by atoms with Crippen molar-refractivity contribution in [3.05, 3.63) is 47.1 Å². The molecule has 0 atom stereocenters. The van der Waals surface area contributed by atoms with E-state index in [1.165, 1.54) is 6.07 Å². The van der Waals surface area contributed by atoms with E-state index in [0.29, 0.717) is 22.9 Å². The van der Waals surface area contributed by atoms with E-state index < -0.39 is 5.95 Å². The van der Waals surface area contributed by atoms with Gasteiger partial charge in [-0.3, -0.25) is 0 Å². The normalized spacial score (nSPS) is 12.0. The van der Waals surface area contributed by atoms with Crippen LogP contribution in [0.25, 0.3) is 22.3 Å². The summed E-state index contributed by atoms with van der Waals surface area (Å²) in [7, 11) is 0. The summed E-state index contributed by atoms with van der Waals surface area (Å²) >= 11 is 6.16. The molecule has 120 valence electrons. The molecule has 0 aliphatic heterocycles. The minimum absolute atomic E-state index is 0.0628. The molecule has 0 aromatic carbocycles. The van der Waals surface area contributed by atoms with Gasteiger partial charge in [0, 0.05) is 41.0 Å². The van der Waals surface area contributed by atoms with E-state index in [9.17, 15) is 4.39 Å². The number of hydrogen-bond donors (Lipinski definition) is 2. The van der Waals surface area contributed by atoms with E-state index >= 15 is 0 Å². The first kappa shape index (κ1) is 15.9. The van der Waals surface area contributed by atoms with E-state index in [-0.39, 0.29) is 5.54 Å². The van der Waals surface area contributed by atoms with Crippen LogP contribution in [-0.4, -0.2) is 20.5 Å². The third kappa shape index (κ3) is 3.68. The monoisotopic (exact) mass is 332 g/mol. The second-order valence-corrected chi connectivity index (χ2v) is 6.92. The van der Waals surface area contributed by atoms with Gasteiger partial charge < -0.3 is 10.3 Å². The van der Waals surface area contributed by atoms with E-state index in [0.717, 1.165) is 16.6 Å². The van der Waals surface area contributed by atoms with Gasteiger partial charge in [0.2, 0.25) is 5.95 Å². The highest BCUT2D eigenvalue weighted by molar-refractivity contribution is 6.35. The average molecular weight is 333 g/mol. The molecule has 3 aromatic heterocycles. The molecule has 0 fully saturated rings. The van der Waals surface area contributed by atoms with Crippen LogP contribution in [0.3, 0.4) is 0 Å². The number of H-pyrrole nitrogens is 1. The van der Waals surface area contributed by atoms with Crippen LogP contribution >= 0.6 is 11.6 Å². The maximum atomic E-state index is 13.9. The molecule has 6 heteroatoms. The minimum Gasteiger partial charge on any atom is -0.339 e. The molecule has 0 aliphatic carbocycles. The molecule has 4 nitrogen and oxygen atoms in total. The molecule has 0 amide bonds. The number of aromatic nitrogens is 3. The van der Waals surface area contributed by atoms with Gasteiger partial charge in [-0.25, -0.2) is 9.97 Å². The molecule has 0 unspecified atom stereocenters. The van der Waals surface area contributed by atoms with E-state index in [2.05, 4.69) is 41.0 Å². The predicted octanol–water partition coefficient (Wildman–Crippen LogP) is 4.31. The molecule has 23 heavy (non-hydrogen) atoms. The Morgan fingerprint density at radius 3 is 2.74 bits per heavy atom. The molecule has 0 saturated heterocycles. The Morgan fingerprint density at radius 2 is 2.04 bits per heavy atom. The van der Waals surface area contributed by atoms with Gasteiger partial charge in [-0.1, -0.05) is 11.6 Å². The van der Waals surface area contributed by atoms with Crippen molar-refractivity contribution in [2.45, 2.75) is 32.9 Å². The second-order valence-electron chi connectivity index (χ2n) is 6.51. The van der Waals surface area contributed by atoms with Gasteiger partial charge in [0.15, 0.2) is 0 Å². The van der Waals surface area contributed by atoms with Crippen LogP contribution in [-0.2, 0) is 6.54 Å². The van der Waals surface area contributed by atoms with Crippen LogP contribution in [0, 0.1) is 5.95 Å². The Bertz CT molecular complexity index is 851. The Labute approximate surface area is 139 Å². The Hall–Kier alpha value is -1.98. The molecule has 0 spiro atoms. The molecule has 3 heterocycles. The van der Waals surface area contributed by atoms with Crippen LogP contribution in [0.1, 0.15) is 26.5 Å². The maximum absolute atomic E-state index is 13.9. The zero-order valence-corrected chi connectivity index (χ0v) is 14.0. The highest BCUT2D eigenvalue weighted by atomic mass is 35.5. The Kier molecular flexibility index (Phi) is 4.08. The van der Waals surface area contributed by atoms with Crippen molar-refractivity contribution in [1.82, 2.24) is 20.3 Å². The fourth-order valence-corrected chi connectivity index (χ4v) is 2.50. The van der Waals surface area contributed by atoms with Crippen molar-refractivity contribution in [3.8, 4) is 11.3 Å². The van der Waals surface area contributed by atoms with Crippen molar-refractivity contribution < 1.29 is 4.39 Å². The van der Waals surface area contributed by atoms with Crippen LogP contribution < -0.4 is 5.32 Å². The Morgan fingerprint density at radius 1 is 1.26 bits per heavy atom. The molecule has 0 aliphatic rings. The second kappa shape index (κ2) is 5.91. The molecule has 0 bridgehead atoms. The summed E-state index contributed by atoms with van der Waals surface area (Å²) in [5.74, 6) is -0.508. The van der Waals surface area contributed by atoms with Crippen LogP contribution in [0.15, 0.2) is 30.5 Å². The fourth-order valence-electron chi connectivity index (χ4n) is 2.30. The zero-order valence-electron chi connectivity index (χ0n) is 13.2. The van der Waals surface area contributed by atoms with E-state index in [1.807, 2.05) is 12.1 Å². The summed E-state index contributed by atoms with van der Waals surface area (Å²) in [6.45, 7) is 6.66. The van der Waals surface area contributed by atoms with Crippen molar-refractivity contribution in [3.63, 3.8) is 0 Å². The molecule has 0 radical (unpaired) electrons. The number of rotatable bonds is 3. The number of fused-ring (bicyclic) bond motifs is 1. The van der Waals surface area contributed by atoms with Gasteiger partial charge in [0.1, 0.15) is 5.65 Å². The molecular weight excluding hydrogens is 315 g/mol. The molecular formula is C17H18ClFN4. The quantitative estimate of drug-likeness (QED) is 0.703. The fraction of sp³-hybridized carbons (Fsp3) is 0.294. The lowest BCUT2D eigenvalue weighted by Crippen LogP contribution is -2.35. The van der Waals surface area contributed by atoms with Gasteiger partial charge in [-0.15, -0.1) is 0 Å². The first-order valence-electron chi connectivity index (χ1n) is 7.37. The summed E-state index contributed by atoms with van der Waals surface area (Å²) in [6, 6.07) is 6.87. The molecule has 2 N–H and O–H groups in total. The predicted molar refractivity (Wildman–Crippen MR) is 90.9 cm³/mol. The first-order chi connectivity index (χ1) is 10.8. The smallest absolute Gasteiger partial charge is 0.213 e. The summed E-state index contributed by atoms with van der Waals surface area (Å²) < 4.78 is 13.9. The van der Waals surface area contributed by atoms with Gasteiger partial charge in [0.25, 0.3) is 0 Å². The highest BCUT2D eigenvalue weighted by Crippen LogP contribution is 2.28. The molecule has 3 aromatic rings. The minimum atomic E-state index is -0.508. The first-order valence-corrected chi connectivity index (χ1v) is 7.75. The lowest BCUT2D eigenvalue weighted by Gasteiger charge is -2.20. The Balaban J connectivity index is 1.98. The van der Waals surface area contributed by atoms with Crippen molar-refractivity contribution in [2.24, 2.45) is 0 Å². The van der Waals surface area contributed by atoms with Crippen LogP contribution in [0.4, 0.5) is 4.39 Å². The highest BCUT2D eigenvalue weighted by Gasteiger charge is 2.12. The van der Waals surface area contributed by atoms with Gasteiger partial charge in [-0.2, -0.15) is 4.39 Å². The summed E-state index contributed by atoms with van der Waals surface area (Å²) in [4.78, 5) is 11.4. The SMILES string of the molecule is CC(C)(C)NCc1cc(-c2cc3c(Cl)ccnc3[nH]2)cc(F)n1. The van der Waals surface area contributed by atoms with Crippen LogP contribution in [0.5, 0.6) is 0 Å². The van der Waals surface area contributed by atoms with Crippen molar-refractivity contribution >= 4 is 22.6 Å². The third-order valence-corrected chi connectivity index (χ3v) is 3.77. The maximum Gasteiger partial charge on any atom is 0.213 e. The average Bonchev–Trinajstić information content (AvgIpc) is 2.89. The molecule has 0 saturated carbocycles. The number of halogens is 2. The summed E-state index contributed by atoms with van der Waals surface area (Å²) in [5, 5.41) is 4.74. The van der Waals surface area contributed by atoms with E-state index in [1.54, 1.807) is 12.3 Å². The lowest BCUT2D eigenvalue weighted by molar-refractivity contribution is 0.419. The lowest BCUT2D eigenvalue weighted by atomic mass is 10.1. The zero-order chi connectivity index (χ0) is 16.6. The summed E-state index contributed by atoms with van der Waals surface area (Å²) in [5.41, 5.74) is 2.75. The number of nitrogens with one attached hydrogen (secondary N) is 2. The number of pyridine rings is 2. The van der Waals surface area contributed by atoms with Crippen molar-refractivity contribution in [2.75, 3.05) is 0 Å². The van der Waals surface area contributed by atoms with Gasteiger partial charge in [0.05, 0.1) is 10.7 Å². The van der Waals surface area contributed by atoms with Gasteiger partial charge >= 0.3 is 0 Å². The largest absolute Gasteiger partial charge is 0.339 e. The molecule has 3 rings (SSSR count).